The third-order valence-electron chi connectivity index (χ3n) is 4.90. The Labute approximate surface area is 162 Å². The topological polar surface area (TPSA) is 106 Å². The highest BCUT2D eigenvalue weighted by Gasteiger charge is 2.20. The minimum atomic E-state index is -0.653. The SMILES string of the molecule is CC[C@H](C)[C@H](O)c1nnc2cc(-c3ccnc(Nc4ccnn4C)n3)ccn12. The molecular weight excluding hydrogens is 356 g/mol. The first kappa shape index (κ1) is 18.1. The van der Waals surface area contributed by atoms with E-state index in [-0.39, 0.29) is 5.92 Å². The van der Waals surface area contributed by atoms with E-state index in [4.69, 9.17) is 0 Å². The lowest BCUT2D eigenvalue weighted by Crippen LogP contribution is -2.11. The number of fused-ring (bicyclic) bond motifs is 1. The molecule has 28 heavy (non-hydrogen) atoms. The van der Waals surface area contributed by atoms with E-state index < -0.39 is 6.10 Å². The van der Waals surface area contributed by atoms with Gasteiger partial charge in [0.25, 0.3) is 0 Å². The molecule has 4 rings (SSSR count). The average molecular weight is 378 g/mol. The quantitative estimate of drug-likeness (QED) is 0.531. The van der Waals surface area contributed by atoms with Gasteiger partial charge in [-0.05, 0) is 24.1 Å². The van der Waals surface area contributed by atoms with Crippen LogP contribution in [0.1, 0.15) is 32.2 Å². The Morgan fingerprint density at radius 3 is 2.79 bits per heavy atom. The van der Waals surface area contributed by atoms with Gasteiger partial charge in [0.15, 0.2) is 11.5 Å². The highest BCUT2D eigenvalue weighted by molar-refractivity contribution is 5.65. The van der Waals surface area contributed by atoms with E-state index in [0.29, 0.717) is 17.4 Å². The molecule has 0 unspecified atom stereocenters. The van der Waals surface area contributed by atoms with Crippen LogP contribution in [-0.2, 0) is 7.05 Å². The summed E-state index contributed by atoms with van der Waals surface area (Å²) in [6, 6.07) is 7.52. The van der Waals surface area contributed by atoms with Gasteiger partial charge in [-0.1, -0.05) is 20.3 Å². The number of rotatable bonds is 6. The molecule has 0 radical (unpaired) electrons. The number of aromatic nitrogens is 7. The summed E-state index contributed by atoms with van der Waals surface area (Å²) in [4.78, 5) is 8.85. The Kier molecular flexibility index (Phi) is 4.74. The molecule has 9 nitrogen and oxygen atoms in total. The second-order valence-electron chi connectivity index (χ2n) is 6.76. The highest BCUT2D eigenvalue weighted by atomic mass is 16.3. The summed E-state index contributed by atoms with van der Waals surface area (Å²) in [6.45, 7) is 4.04. The number of aliphatic hydroxyl groups is 1. The number of anilines is 2. The van der Waals surface area contributed by atoms with Crippen LogP contribution in [0.3, 0.4) is 0 Å². The van der Waals surface area contributed by atoms with Crippen LogP contribution in [0.5, 0.6) is 0 Å². The number of hydrogen-bond acceptors (Lipinski definition) is 7. The van der Waals surface area contributed by atoms with Gasteiger partial charge in [0.05, 0.1) is 11.9 Å². The largest absolute Gasteiger partial charge is 0.385 e. The molecule has 0 saturated carbocycles. The van der Waals surface area contributed by atoms with Crippen LogP contribution >= 0.6 is 0 Å². The lowest BCUT2D eigenvalue weighted by atomic mass is 10.0. The van der Waals surface area contributed by atoms with Crippen molar-refractivity contribution in [3.8, 4) is 11.3 Å². The molecule has 0 aliphatic rings. The van der Waals surface area contributed by atoms with Crippen molar-refractivity contribution in [3.05, 3.63) is 48.7 Å². The van der Waals surface area contributed by atoms with Gasteiger partial charge < -0.3 is 10.4 Å². The fourth-order valence-electron chi connectivity index (χ4n) is 2.94. The number of hydrogen-bond donors (Lipinski definition) is 2. The Morgan fingerprint density at radius 1 is 1.18 bits per heavy atom. The summed E-state index contributed by atoms with van der Waals surface area (Å²) in [5.74, 6) is 1.94. The second-order valence-corrected chi connectivity index (χ2v) is 6.76. The minimum absolute atomic E-state index is 0.106. The minimum Gasteiger partial charge on any atom is -0.385 e. The zero-order valence-corrected chi connectivity index (χ0v) is 16.0. The van der Waals surface area contributed by atoms with Crippen LogP contribution in [0.15, 0.2) is 42.9 Å². The summed E-state index contributed by atoms with van der Waals surface area (Å²) in [5, 5.41) is 26.2. The van der Waals surface area contributed by atoms with Crippen molar-refractivity contribution in [1.29, 1.82) is 0 Å². The van der Waals surface area contributed by atoms with E-state index in [2.05, 4.69) is 30.6 Å². The first-order valence-corrected chi connectivity index (χ1v) is 9.18. The molecule has 0 saturated heterocycles. The maximum Gasteiger partial charge on any atom is 0.228 e. The molecule has 0 fully saturated rings. The standard InChI is InChI=1S/C19H22N8O/c1-4-12(2)17(28)18-25-24-16-11-13(7-10-27(16)18)14-5-8-20-19(22-14)23-15-6-9-21-26(15)3/h5-12,17,28H,4H2,1-3H3,(H,20,22,23)/t12-,17-/m0/s1. The molecule has 4 aromatic rings. The molecule has 144 valence electrons. The van der Waals surface area contributed by atoms with E-state index in [1.54, 1.807) is 17.1 Å². The number of nitrogens with zero attached hydrogens (tertiary/aromatic N) is 7. The Hall–Kier alpha value is -3.33. The van der Waals surface area contributed by atoms with Gasteiger partial charge in [-0.15, -0.1) is 10.2 Å². The Balaban J connectivity index is 1.65. The lowest BCUT2D eigenvalue weighted by Gasteiger charge is -2.15. The van der Waals surface area contributed by atoms with Crippen molar-refractivity contribution >= 4 is 17.4 Å². The average Bonchev–Trinajstić information content (AvgIpc) is 3.32. The molecule has 0 spiro atoms. The van der Waals surface area contributed by atoms with Gasteiger partial charge in [0.2, 0.25) is 5.95 Å². The van der Waals surface area contributed by atoms with E-state index in [1.165, 1.54) is 0 Å². The number of pyridine rings is 1. The van der Waals surface area contributed by atoms with E-state index in [0.717, 1.165) is 23.5 Å². The molecule has 2 N–H and O–H groups in total. The number of nitrogens with one attached hydrogen (secondary N) is 1. The summed E-state index contributed by atoms with van der Waals surface area (Å²) in [6.07, 6.45) is 5.48. The fourth-order valence-corrected chi connectivity index (χ4v) is 2.94. The first-order valence-electron chi connectivity index (χ1n) is 9.18. The summed E-state index contributed by atoms with van der Waals surface area (Å²) >= 11 is 0. The first-order chi connectivity index (χ1) is 13.6. The van der Waals surface area contributed by atoms with Crippen LogP contribution in [-0.4, -0.2) is 39.5 Å². The molecule has 9 heteroatoms. The van der Waals surface area contributed by atoms with Crippen LogP contribution in [0, 0.1) is 5.92 Å². The maximum atomic E-state index is 10.5. The van der Waals surface area contributed by atoms with Crippen LogP contribution in [0.4, 0.5) is 11.8 Å². The summed E-state index contributed by atoms with van der Waals surface area (Å²) < 4.78 is 3.53. The molecule has 0 bridgehead atoms. The monoisotopic (exact) mass is 378 g/mol. The van der Waals surface area contributed by atoms with Crippen LogP contribution < -0.4 is 5.32 Å². The molecule has 0 amide bonds. The van der Waals surface area contributed by atoms with Gasteiger partial charge in [0, 0.05) is 31.1 Å². The summed E-state index contributed by atoms with van der Waals surface area (Å²) in [5.41, 5.74) is 2.31. The third kappa shape index (κ3) is 3.31. The van der Waals surface area contributed by atoms with Crippen molar-refractivity contribution in [3.63, 3.8) is 0 Å². The predicted molar refractivity (Wildman–Crippen MR) is 105 cm³/mol. The summed E-state index contributed by atoms with van der Waals surface area (Å²) in [7, 11) is 1.84. The van der Waals surface area contributed by atoms with E-state index in [1.807, 2.05) is 55.8 Å². The fraction of sp³-hybridized carbons (Fsp3) is 0.316. The Morgan fingerprint density at radius 2 is 2.04 bits per heavy atom. The number of aryl methyl sites for hydroxylation is 1. The van der Waals surface area contributed by atoms with Gasteiger partial charge in [-0.25, -0.2) is 9.97 Å². The molecule has 4 aromatic heterocycles. The van der Waals surface area contributed by atoms with E-state index >= 15 is 0 Å². The van der Waals surface area contributed by atoms with Crippen molar-refractivity contribution in [2.24, 2.45) is 13.0 Å². The van der Waals surface area contributed by atoms with Crippen molar-refractivity contribution in [2.75, 3.05) is 5.32 Å². The second kappa shape index (κ2) is 7.35. The molecule has 0 aromatic carbocycles. The van der Waals surface area contributed by atoms with Gasteiger partial charge >= 0.3 is 0 Å². The third-order valence-corrected chi connectivity index (χ3v) is 4.90. The zero-order valence-electron chi connectivity index (χ0n) is 16.0. The highest BCUT2D eigenvalue weighted by Crippen LogP contribution is 2.25. The molecular formula is C19H22N8O. The predicted octanol–water partition coefficient (Wildman–Crippen LogP) is 2.74. The van der Waals surface area contributed by atoms with Crippen molar-refractivity contribution in [1.82, 2.24) is 34.3 Å². The van der Waals surface area contributed by atoms with Gasteiger partial charge in [0.1, 0.15) is 11.9 Å². The Bertz CT molecular complexity index is 1100. The van der Waals surface area contributed by atoms with Gasteiger partial charge in [-0.3, -0.25) is 9.08 Å². The molecule has 0 aliphatic carbocycles. The smallest absolute Gasteiger partial charge is 0.228 e. The molecule has 0 aliphatic heterocycles. The van der Waals surface area contributed by atoms with Crippen LogP contribution in [0.25, 0.3) is 16.9 Å². The van der Waals surface area contributed by atoms with Gasteiger partial charge in [-0.2, -0.15) is 5.10 Å². The number of aliphatic hydroxyl groups excluding tert-OH is 1. The maximum absolute atomic E-state index is 10.5. The van der Waals surface area contributed by atoms with E-state index in [9.17, 15) is 5.11 Å². The molecule has 4 heterocycles. The lowest BCUT2D eigenvalue weighted by molar-refractivity contribution is 0.105. The zero-order chi connectivity index (χ0) is 19.7. The van der Waals surface area contributed by atoms with Crippen LogP contribution in [0.2, 0.25) is 0 Å². The van der Waals surface area contributed by atoms with Crippen molar-refractivity contribution in [2.45, 2.75) is 26.4 Å². The normalized spacial score (nSPS) is 13.6. The van der Waals surface area contributed by atoms with Crippen molar-refractivity contribution < 1.29 is 5.11 Å². The molecule has 2 atom stereocenters.